The minimum atomic E-state index is -2.50. The van der Waals surface area contributed by atoms with E-state index in [0.717, 1.165) is 13.8 Å². The lowest BCUT2D eigenvalue weighted by atomic mass is 9.44. The smallest absolute Gasteiger partial charge is 0.338 e. The Balaban J connectivity index is 1.14. The highest BCUT2D eigenvalue weighted by Crippen LogP contribution is 2.65. The molecule has 0 aromatic heterocycles. The number of aryl methyl sites for hydroxylation is 1. The average molecular weight is 1090 g/mol. The molecule has 3 fully saturated rings. The van der Waals surface area contributed by atoms with E-state index in [1.807, 2.05) is 6.07 Å². The lowest BCUT2D eigenvalue weighted by Gasteiger charge is -2.67. The molecule has 80 heavy (non-hydrogen) atoms. The predicted molar refractivity (Wildman–Crippen MR) is 286 cm³/mol. The van der Waals surface area contributed by atoms with Crippen molar-refractivity contribution in [2.45, 2.75) is 121 Å². The molecule has 1 saturated heterocycles. The number of hydrogen-bond donors (Lipinski definition) is 3. The summed E-state index contributed by atoms with van der Waals surface area (Å²) in [7, 11) is 0. The van der Waals surface area contributed by atoms with Crippen molar-refractivity contribution in [2.75, 3.05) is 6.61 Å². The number of nitrogens with one attached hydrogen (secondary N) is 1. The van der Waals surface area contributed by atoms with Crippen LogP contribution in [0.2, 0.25) is 0 Å². The molecule has 5 aromatic rings. The van der Waals surface area contributed by atoms with Gasteiger partial charge in [-0.25, -0.2) is 9.59 Å². The van der Waals surface area contributed by atoms with Crippen LogP contribution < -0.4 is 5.32 Å². The summed E-state index contributed by atoms with van der Waals surface area (Å²) in [6, 6.07) is 38.3. The number of aliphatic hydroxyl groups excluding tert-OH is 1. The van der Waals surface area contributed by atoms with E-state index in [-0.39, 0.29) is 53.9 Å². The molecular weight excluding hydrogens is 1030 g/mol. The van der Waals surface area contributed by atoms with Gasteiger partial charge in [-0.2, -0.15) is 0 Å². The summed E-state index contributed by atoms with van der Waals surface area (Å²) >= 11 is 0. The van der Waals surface area contributed by atoms with Crippen LogP contribution in [0.25, 0.3) is 0 Å². The molecule has 1 aliphatic heterocycles. The largest absolute Gasteiger partial charge is 0.461 e. The third-order valence-corrected chi connectivity index (χ3v) is 16.6. The average Bonchev–Trinajstić information content (AvgIpc) is 2.52. The number of esters is 5. The van der Waals surface area contributed by atoms with Gasteiger partial charge < -0.3 is 44.0 Å². The van der Waals surface area contributed by atoms with Crippen LogP contribution >= 0.6 is 0 Å². The zero-order valence-electron chi connectivity index (χ0n) is 45.1. The summed E-state index contributed by atoms with van der Waals surface area (Å²) in [4.78, 5) is 114. The molecule has 3 N–H and O–H groups in total. The van der Waals surface area contributed by atoms with E-state index >= 15 is 4.79 Å². The van der Waals surface area contributed by atoms with Crippen LogP contribution in [0.1, 0.15) is 115 Å². The van der Waals surface area contributed by atoms with Crippen molar-refractivity contribution in [3.8, 4) is 0 Å². The molecule has 17 nitrogen and oxygen atoms in total. The number of hydrogen-bond acceptors (Lipinski definition) is 16. The van der Waals surface area contributed by atoms with E-state index in [4.69, 9.17) is 28.4 Å². The number of rotatable bonds is 16. The lowest BCUT2D eigenvalue weighted by Crippen LogP contribution is -2.82. The molecule has 1 amide bonds. The van der Waals surface area contributed by atoms with Crippen LogP contribution in [0.3, 0.4) is 0 Å². The molecule has 17 heteroatoms. The number of amides is 1. The van der Waals surface area contributed by atoms with Crippen LogP contribution in [0.4, 0.5) is 0 Å². The molecule has 2 saturated carbocycles. The number of carbonyl (C=O) groups excluding carboxylic acids is 8. The highest BCUT2D eigenvalue weighted by molar-refractivity contribution is 6.09. The summed E-state index contributed by atoms with van der Waals surface area (Å²) in [6.45, 7) is 7.90. The highest BCUT2D eigenvalue weighted by atomic mass is 16.6. The second kappa shape index (κ2) is 22.6. The molecule has 0 radical (unpaired) electrons. The molecular formula is C63H63NO16. The maximum absolute atomic E-state index is 16.4. The van der Waals surface area contributed by atoms with Crippen LogP contribution in [0.5, 0.6) is 0 Å². The normalized spacial score (nSPS) is 27.1. The van der Waals surface area contributed by atoms with E-state index in [1.165, 1.54) is 26.0 Å². The molecule has 3 aliphatic carbocycles. The third kappa shape index (κ3) is 10.5. The first-order valence-corrected chi connectivity index (χ1v) is 26.5. The van der Waals surface area contributed by atoms with Gasteiger partial charge in [0.2, 0.25) is 0 Å². The standard InChI is InChI=1S/C63H63NO16/c1-36-45(77-59(73)52(69)50(40-19-11-7-12-20-40)64-57(71)43-23-15-9-16-24-43)34-63(74)56(79-58(72)44-25-17-10-18-26-44)54-61(6,55(70)53(76-37(2)65)49(36)60(63,4)5)46(33-47-62(54,35-75-47)80-38(3)66)78-48(67)32-29-39-27-30-42(31-28-39)51(68)41-21-13-8-14-22-41/h7-28,30-31,45-47,50,52-54,56,69,74H,29,32-35H2,1-6H3,(H,64,71)/t45-,46-,47+,50-,52+,53+,54-,56-,61+,62-,63+/m0/s1. The van der Waals surface area contributed by atoms with E-state index < -0.39 is 119 Å². The van der Waals surface area contributed by atoms with Crippen LogP contribution in [0.15, 0.2) is 157 Å². The molecule has 4 aliphatic rings. The Morgan fingerprint density at radius 2 is 1.26 bits per heavy atom. The highest BCUT2D eigenvalue weighted by Gasteiger charge is 2.79. The molecule has 5 aromatic carbocycles. The number of fused-ring (bicyclic) bond motifs is 5. The molecule has 1 heterocycles. The summed E-state index contributed by atoms with van der Waals surface area (Å²) in [5.74, 6) is -8.14. The van der Waals surface area contributed by atoms with Gasteiger partial charge >= 0.3 is 29.8 Å². The molecule has 0 unspecified atom stereocenters. The zero-order chi connectivity index (χ0) is 57.3. The molecule has 0 spiro atoms. The fraction of sp³-hybridized carbons (Fsp3) is 0.365. The van der Waals surface area contributed by atoms with Crippen molar-refractivity contribution in [2.24, 2.45) is 16.7 Å². The van der Waals surface area contributed by atoms with Gasteiger partial charge in [-0.15, -0.1) is 0 Å². The Labute approximate surface area is 462 Å². The van der Waals surface area contributed by atoms with Crippen LogP contribution in [-0.2, 0) is 58.8 Å². The van der Waals surface area contributed by atoms with E-state index in [0.29, 0.717) is 22.3 Å². The Morgan fingerprint density at radius 1 is 0.700 bits per heavy atom. The van der Waals surface area contributed by atoms with Crippen molar-refractivity contribution < 1.29 is 77.0 Å². The topological polar surface area (TPSA) is 244 Å². The minimum absolute atomic E-state index is 0.0272. The van der Waals surface area contributed by atoms with Gasteiger partial charge in [-0.05, 0) is 66.8 Å². The second-order valence-corrected chi connectivity index (χ2v) is 21.7. The minimum Gasteiger partial charge on any atom is -0.461 e. The maximum atomic E-state index is 16.4. The molecule has 416 valence electrons. The second-order valence-electron chi connectivity index (χ2n) is 21.7. The third-order valence-electron chi connectivity index (χ3n) is 16.6. The Morgan fingerprint density at radius 3 is 1.82 bits per heavy atom. The van der Waals surface area contributed by atoms with Gasteiger partial charge in [0.15, 0.2) is 29.4 Å². The number of ether oxygens (including phenoxy) is 6. The SMILES string of the molecule is CC(=O)O[C@H]1C(=O)[C@]2(C)[C@@H](OC(=O)CCc3ccc(C(=O)c4ccccc4)cc3)C[C@H]3OC[C@@]3(OC(C)=O)[C@H]2[C@H](OC(=O)c2ccccc2)[C@]2(O)C[C@H](OC(=O)[C@H](O)[C@@H](NC(=O)c3ccccc3)c3ccccc3)C(C)=C1C2(C)C. The number of benzene rings is 5. The van der Waals surface area contributed by atoms with Gasteiger partial charge in [0.1, 0.15) is 30.0 Å². The van der Waals surface area contributed by atoms with Gasteiger partial charge in [-0.3, -0.25) is 28.8 Å². The Kier molecular flexibility index (Phi) is 16.0. The van der Waals surface area contributed by atoms with Gasteiger partial charge in [0.25, 0.3) is 5.91 Å². The maximum Gasteiger partial charge on any atom is 0.338 e. The first kappa shape index (κ1) is 56.6. The van der Waals surface area contributed by atoms with Crippen LogP contribution in [0, 0.1) is 16.7 Å². The first-order valence-electron chi connectivity index (χ1n) is 26.5. The van der Waals surface area contributed by atoms with E-state index in [2.05, 4.69) is 5.32 Å². The summed E-state index contributed by atoms with van der Waals surface area (Å²) in [5.41, 5.74) is -6.00. The van der Waals surface area contributed by atoms with Gasteiger partial charge in [0, 0.05) is 55.2 Å². The van der Waals surface area contributed by atoms with Crippen molar-refractivity contribution >= 4 is 47.3 Å². The number of carbonyl (C=O) groups is 8. The summed E-state index contributed by atoms with van der Waals surface area (Å²) in [5, 5.41) is 28.9. The predicted octanol–water partition coefficient (Wildman–Crippen LogP) is 7.15. The number of Topliss-reactive ketones (excluding diaryl/α,β-unsaturated/α-hetero) is 1. The summed E-state index contributed by atoms with van der Waals surface area (Å²) in [6.07, 6.45) is -11.1. The van der Waals surface area contributed by atoms with E-state index in [1.54, 1.807) is 141 Å². The first-order chi connectivity index (χ1) is 38.1. The lowest BCUT2D eigenvalue weighted by molar-refractivity contribution is -0.346. The number of aliphatic hydroxyl groups is 2. The fourth-order valence-electron chi connectivity index (χ4n) is 12.4. The van der Waals surface area contributed by atoms with Crippen molar-refractivity contribution in [1.82, 2.24) is 5.32 Å². The van der Waals surface area contributed by atoms with Crippen molar-refractivity contribution in [1.29, 1.82) is 0 Å². The van der Waals surface area contributed by atoms with Gasteiger partial charge in [0.05, 0.1) is 29.5 Å². The quantitative estimate of drug-likeness (QED) is 0.0384. The van der Waals surface area contributed by atoms with Crippen molar-refractivity contribution in [3.63, 3.8) is 0 Å². The zero-order valence-corrected chi connectivity index (χ0v) is 45.1. The fourth-order valence-corrected chi connectivity index (χ4v) is 12.4. The summed E-state index contributed by atoms with van der Waals surface area (Å²) < 4.78 is 37.7. The van der Waals surface area contributed by atoms with Gasteiger partial charge in [-0.1, -0.05) is 135 Å². The monoisotopic (exact) mass is 1090 g/mol. The Bertz CT molecular complexity index is 3220. The molecule has 2 bridgehead atoms. The van der Waals surface area contributed by atoms with Crippen LogP contribution in [-0.4, -0.2) is 112 Å². The molecule has 9 rings (SSSR count). The molecule has 11 atom stereocenters. The number of ketones is 2. The Hall–Kier alpha value is -8.12. The van der Waals surface area contributed by atoms with Crippen molar-refractivity contribution in [3.05, 3.63) is 190 Å². The van der Waals surface area contributed by atoms with E-state index in [9.17, 15) is 43.8 Å².